The minimum atomic E-state index is -0.545. The molecule has 2 unspecified atom stereocenters. The number of aliphatic hydroxyl groups is 1. The van der Waals surface area contributed by atoms with E-state index < -0.39 is 18.2 Å². The van der Waals surface area contributed by atoms with Crippen molar-refractivity contribution in [2.24, 2.45) is 4.99 Å². The van der Waals surface area contributed by atoms with Gasteiger partial charge < -0.3 is 20.2 Å². The third kappa shape index (κ3) is 3.43. The Kier molecular flexibility index (Phi) is 4.89. The lowest BCUT2D eigenvalue weighted by Crippen LogP contribution is -2.64. The van der Waals surface area contributed by atoms with E-state index in [1.54, 1.807) is 7.05 Å². The van der Waals surface area contributed by atoms with Crippen molar-refractivity contribution in [2.45, 2.75) is 32.1 Å². The molecule has 3 rings (SSSR count). The molecule has 0 spiro atoms. The highest BCUT2D eigenvalue weighted by atomic mass is 16.3. The number of fused-ring (bicyclic) bond motifs is 1. The Labute approximate surface area is 146 Å². The van der Waals surface area contributed by atoms with E-state index in [-0.39, 0.29) is 12.5 Å². The zero-order valence-electron chi connectivity index (χ0n) is 14.4. The number of urea groups is 1. The highest BCUT2D eigenvalue weighted by Gasteiger charge is 2.49. The van der Waals surface area contributed by atoms with Gasteiger partial charge in [-0.15, -0.1) is 0 Å². The highest BCUT2D eigenvalue weighted by molar-refractivity contribution is 6.04. The number of carbonyl (C=O) groups excluding carboxylic acids is 2. The second-order valence-corrected chi connectivity index (χ2v) is 6.34. The minimum Gasteiger partial charge on any atom is -0.396 e. The number of imide groups is 1. The number of carbonyl (C=O) groups is 2. The Morgan fingerprint density at radius 1 is 1.32 bits per heavy atom. The first-order valence-corrected chi connectivity index (χ1v) is 8.33. The van der Waals surface area contributed by atoms with Crippen LogP contribution in [0.25, 0.3) is 0 Å². The summed E-state index contributed by atoms with van der Waals surface area (Å²) in [6.07, 6.45) is 0.0821. The number of hydrogen-bond acceptors (Lipinski definition) is 4. The molecule has 0 aromatic heterocycles. The Bertz CT molecular complexity index is 705. The van der Waals surface area contributed by atoms with Gasteiger partial charge in [-0.1, -0.05) is 29.8 Å². The number of hydrogen-bond donors (Lipinski definition) is 3. The van der Waals surface area contributed by atoms with Gasteiger partial charge in [0.25, 0.3) is 5.91 Å². The average Bonchev–Trinajstić information content (AvgIpc) is 2.92. The number of aryl methyl sites for hydroxylation is 1. The zero-order valence-corrected chi connectivity index (χ0v) is 14.4. The molecule has 25 heavy (non-hydrogen) atoms. The van der Waals surface area contributed by atoms with Gasteiger partial charge in [-0.05, 0) is 18.9 Å². The van der Waals surface area contributed by atoms with Crippen LogP contribution < -0.4 is 10.6 Å². The summed E-state index contributed by atoms with van der Waals surface area (Å²) in [5.74, 6) is 0.238. The van der Waals surface area contributed by atoms with Crippen LogP contribution in [0.15, 0.2) is 29.3 Å². The largest absolute Gasteiger partial charge is 0.396 e. The maximum absolute atomic E-state index is 12.4. The number of amides is 3. The molecule has 8 nitrogen and oxygen atoms in total. The molecule has 2 aliphatic heterocycles. The number of guanidine groups is 1. The van der Waals surface area contributed by atoms with Gasteiger partial charge in [-0.25, -0.2) is 4.79 Å². The second-order valence-electron chi connectivity index (χ2n) is 6.34. The van der Waals surface area contributed by atoms with Crippen molar-refractivity contribution >= 4 is 17.9 Å². The summed E-state index contributed by atoms with van der Waals surface area (Å²) in [6, 6.07) is 7.09. The Balaban J connectivity index is 1.90. The molecule has 2 saturated heterocycles. The van der Waals surface area contributed by atoms with Crippen LogP contribution in [0.5, 0.6) is 0 Å². The molecule has 0 aliphatic carbocycles. The second kappa shape index (κ2) is 7.10. The van der Waals surface area contributed by atoms with Crippen molar-refractivity contribution in [1.29, 1.82) is 0 Å². The molecule has 2 aliphatic rings. The molecule has 1 aromatic rings. The first-order chi connectivity index (χ1) is 12.0. The summed E-state index contributed by atoms with van der Waals surface area (Å²) < 4.78 is 0. The summed E-state index contributed by atoms with van der Waals surface area (Å²) in [6.45, 7) is 3.02. The first-order valence-electron chi connectivity index (χ1n) is 8.33. The molecule has 2 atom stereocenters. The van der Waals surface area contributed by atoms with Crippen LogP contribution in [0, 0.1) is 6.92 Å². The fraction of sp³-hybridized carbons (Fsp3) is 0.471. The van der Waals surface area contributed by atoms with Gasteiger partial charge in [-0.3, -0.25) is 15.1 Å². The van der Waals surface area contributed by atoms with E-state index in [2.05, 4.69) is 21.7 Å². The van der Waals surface area contributed by atoms with Crippen molar-refractivity contribution in [3.63, 3.8) is 0 Å². The van der Waals surface area contributed by atoms with E-state index >= 15 is 0 Å². The quantitative estimate of drug-likeness (QED) is 0.654. The van der Waals surface area contributed by atoms with Crippen LogP contribution in [-0.4, -0.2) is 65.2 Å². The Hall–Kier alpha value is -2.61. The molecule has 0 saturated carbocycles. The van der Waals surface area contributed by atoms with E-state index in [4.69, 9.17) is 5.11 Å². The number of aliphatic hydroxyl groups excluding tert-OH is 1. The smallest absolute Gasteiger partial charge is 0.325 e. The molecular weight excluding hydrogens is 322 g/mol. The lowest BCUT2D eigenvalue weighted by molar-refractivity contribution is -0.127. The van der Waals surface area contributed by atoms with E-state index in [1.807, 2.05) is 30.0 Å². The number of nitrogens with one attached hydrogen (secondary N) is 2. The maximum atomic E-state index is 12.4. The van der Waals surface area contributed by atoms with Crippen molar-refractivity contribution in [3.05, 3.63) is 35.4 Å². The zero-order chi connectivity index (χ0) is 18.0. The van der Waals surface area contributed by atoms with Crippen LogP contribution in [0.4, 0.5) is 4.79 Å². The highest BCUT2D eigenvalue weighted by Crippen LogP contribution is 2.23. The van der Waals surface area contributed by atoms with E-state index in [0.29, 0.717) is 25.5 Å². The van der Waals surface area contributed by atoms with Gasteiger partial charge in [0.05, 0.1) is 0 Å². The molecule has 3 amide bonds. The van der Waals surface area contributed by atoms with Crippen LogP contribution >= 0.6 is 0 Å². The predicted molar refractivity (Wildman–Crippen MR) is 92.7 cm³/mol. The Morgan fingerprint density at radius 2 is 2.12 bits per heavy atom. The van der Waals surface area contributed by atoms with Crippen LogP contribution in [0.3, 0.4) is 0 Å². The van der Waals surface area contributed by atoms with Gasteiger partial charge in [0, 0.05) is 26.7 Å². The van der Waals surface area contributed by atoms with Crippen molar-refractivity contribution < 1.29 is 14.7 Å². The molecule has 0 radical (unpaired) electrons. The summed E-state index contributed by atoms with van der Waals surface area (Å²) in [4.78, 5) is 32.2. The van der Waals surface area contributed by atoms with Gasteiger partial charge in [0.15, 0.2) is 12.0 Å². The minimum absolute atomic E-state index is 0.0559. The number of rotatable bonds is 5. The average molecular weight is 345 g/mol. The SMILES string of the molecule is Cc1cccc(CN2C(=NCCCO)NC3C2C(=O)NC(=O)N3C)c1. The molecule has 1 aromatic carbocycles. The van der Waals surface area contributed by atoms with Crippen molar-refractivity contribution in [1.82, 2.24) is 20.4 Å². The fourth-order valence-electron chi connectivity index (χ4n) is 3.16. The summed E-state index contributed by atoms with van der Waals surface area (Å²) >= 11 is 0. The third-order valence-electron chi connectivity index (χ3n) is 4.43. The van der Waals surface area contributed by atoms with Crippen molar-refractivity contribution in [2.75, 3.05) is 20.2 Å². The van der Waals surface area contributed by atoms with E-state index in [0.717, 1.165) is 11.1 Å². The fourth-order valence-corrected chi connectivity index (χ4v) is 3.16. The third-order valence-corrected chi connectivity index (χ3v) is 4.43. The molecule has 2 fully saturated rings. The van der Waals surface area contributed by atoms with Crippen LogP contribution in [-0.2, 0) is 11.3 Å². The molecular formula is C17H23N5O3. The lowest BCUT2D eigenvalue weighted by Gasteiger charge is -2.35. The Morgan fingerprint density at radius 3 is 2.84 bits per heavy atom. The van der Waals surface area contributed by atoms with Gasteiger partial charge in [0.2, 0.25) is 0 Å². The molecule has 8 heteroatoms. The summed E-state index contributed by atoms with van der Waals surface area (Å²) in [5.41, 5.74) is 2.20. The van der Waals surface area contributed by atoms with Gasteiger partial charge >= 0.3 is 6.03 Å². The maximum Gasteiger partial charge on any atom is 0.325 e. The topological polar surface area (TPSA) is 97.3 Å². The lowest BCUT2D eigenvalue weighted by atomic mass is 10.1. The first kappa shape index (κ1) is 17.2. The van der Waals surface area contributed by atoms with Crippen LogP contribution in [0.1, 0.15) is 17.5 Å². The van der Waals surface area contributed by atoms with Crippen molar-refractivity contribution in [3.8, 4) is 0 Å². The number of likely N-dealkylation sites (N-methyl/N-ethyl adjacent to an activating group) is 1. The number of benzene rings is 1. The summed E-state index contributed by atoms with van der Waals surface area (Å²) in [5, 5.41) is 14.5. The standard InChI is InChI=1S/C17H23N5O3/c1-11-5-3-6-12(9-11)10-22-13-14(19-16(22)18-7-4-8-23)21(2)17(25)20-15(13)24/h3,5-6,9,13-14,23H,4,7-8,10H2,1-2H3,(H,18,19)(H,20,24,25). The molecule has 134 valence electrons. The van der Waals surface area contributed by atoms with E-state index in [9.17, 15) is 9.59 Å². The van der Waals surface area contributed by atoms with Gasteiger partial charge in [-0.2, -0.15) is 0 Å². The summed E-state index contributed by atoms with van der Waals surface area (Å²) in [7, 11) is 1.65. The number of aliphatic imine (C=N–C) groups is 1. The van der Waals surface area contributed by atoms with Gasteiger partial charge in [0.1, 0.15) is 6.17 Å². The molecule has 2 heterocycles. The van der Waals surface area contributed by atoms with Crippen LogP contribution in [0.2, 0.25) is 0 Å². The monoisotopic (exact) mass is 345 g/mol. The normalized spacial score (nSPS) is 24.4. The predicted octanol–water partition coefficient (Wildman–Crippen LogP) is 0.0149. The molecule has 0 bridgehead atoms. The van der Waals surface area contributed by atoms with E-state index in [1.165, 1.54) is 4.90 Å². The number of nitrogens with zero attached hydrogens (tertiary/aromatic N) is 3. The molecule has 3 N–H and O–H groups in total.